The van der Waals surface area contributed by atoms with E-state index in [1.165, 1.54) is 11.1 Å². The lowest BCUT2D eigenvalue weighted by Crippen LogP contribution is -2.29. The fourth-order valence-corrected chi connectivity index (χ4v) is 4.23. The summed E-state index contributed by atoms with van der Waals surface area (Å²) >= 11 is 0. The van der Waals surface area contributed by atoms with Crippen LogP contribution in [0.1, 0.15) is 59.3 Å². The van der Waals surface area contributed by atoms with Gasteiger partial charge in [-0.25, -0.2) is 4.68 Å². The van der Waals surface area contributed by atoms with E-state index in [0.717, 1.165) is 36.6 Å². The van der Waals surface area contributed by atoms with E-state index in [-0.39, 0.29) is 11.8 Å². The van der Waals surface area contributed by atoms with Crippen molar-refractivity contribution in [3.8, 4) is 11.4 Å². The summed E-state index contributed by atoms with van der Waals surface area (Å²) in [6.07, 6.45) is 2.71. The van der Waals surface area contributed by atoms with Crippen molar-refractivity contribution in [2.45, 2.75) is 39.0 Å². The minimum Gasteiger partial charge on any atom is -0.497 e. The van der Waals surface area contributed by atoms with E-state index in [9.17, 15) is 4.79 Å². The molecule has 1 atom stereocenters. The monoisotopic (exact) mass is 403 g/mol. The molecule has 5 nitrogen and oxygen atoms in total. The van der Waals surface area contributed by atoms with Gasteiger partial charge < -0.3 is 9.64 Å². The maximum absolute atomic E-state index is 13.4. The Kier molecular flexibility index (Phi) is 5.62. The number of aromatic nitrogens is 2. The molecule has 1 aliphatic heterocycles. The number of aryl methyl sites for hydroxylation is 1. The number of methoxy groups -OCH3 is 1. The SMILES string of the molecule is COc1ccc(C2CCN(C(=O)c3cnn(-c4ccc(C)cc4)c3C(C)C)C2)cc1. The summed E-state index contributed by atoms with van der Waals surface area (Å²) in [5.41, 5.74) is 5.12. The van der Waals surface area contributed by atoms with E-state index in [0.29, 0.717) is 11.5 Å². The maximum atomic E-state index is 13.4. The third-order valence-corrected chi connectivity index (χ3v) is 5.92. The maximum Gasteiger partial charge on any atom is 0.257 e. The molecule has 0 N–H and O–H groups in total. The van der Waals surface area contributed by atoms with Crippen molar-refractivity contribution < 1.29 is 9.53 Å². The van der Waals surface area contributed by atoms with Gasteiger partial charge in [0.25, 0.3) is 5.91 Å². The van der Waals surface area contributed by atoms with Gasteiger partial charge in [0, 0.05) is 19.0 Å². The van der Waals surface area contributed by atoms with Crippen molar-refractivity contribution in [2.24, 2.45) is 0 Å². The topological polar surface area (TPSA) is 47.4 Å². The Morgan fingerprint density at radius 2 is 1.80 bits per heavy atom. The summed E-state index contributed by atoms with van der Waals surface area (Å²) in [5, 5.41) is 4.58. The van der Waals surface area contributed by atoms with Gasteiger partial charge in [-0.05, 0) is 49.1 Å². The van der Waals surface area contributed by atoms with Gasteiger partial charge in [0.15, 0.2) is 0 Å². The Morgan fingerprint density at radius 3 is 2.43 bits per heavy atom. The molecule has 2 heterocycles. The fraction of sp³-hybridized carbons (Fsp3) is 0.360. The van der Waals surface area contributed by atoms with Crippen LogP contribution in [-0.4, -0.2) is 40.8 Å². The molecule has 1 fully saturated rings. The van der Waals surface area contributed by atoms with E-state index in [1.807, 2.05) is 21.7 Å². The van der Waals surface area contributed by atoms with Crippen molar-refractivity contribution in [3.63, 3.8) is 0 Å². The van der Waals surface area contributed by atoms with Crippen molar-refractivity contribution in [2.75, 3.05) is 20.2 Å². The zero-order chi connectivity index (χ0) is 21.3. The lowest BCUT2D eigenvalue weighted by Gasteiger charge is -2.19. The number of benzene rings is 2. The third-order valence-electron chi connectivity index (χ3n) is 5.92. The predicted molar refractivity (Wildman–Crippen MR) is 119 cm³/mol. The first-order valence-electron chi connectivity index (χ1n) is 10.6. The molecule has 1 unspecified atom stereocenters. The van der Waals surface area contributed by atoms with Crippen LogP contribution in [0, 0.1) is 6.92 Å². The molecule has 0 radical (unpaired) electrons. The van der Waals surface area contributed by atoms with E-state index < -0.39 is 0 Å². The minimum absolute atomic E-state index is 0.0769. The fourth-order valence-electron chi connectivity index (χ4n) is 4.23. The number of likely N-dealkylation sites (tertiary alicyclic amines) is 1. The van der Waals surface area contributed by atoms with E-state index in [4.69, 9.17) is 4.74 Å². The Labute approximate surface area is 178 Å². The number of rotatable bonds is 5. The highest BCUT2D eigenvalue weighted by Gasteiger charge is 2.31. The van der Waals surface area contributed by atoms with Gasteiger partial charge in [-0.15, -0.1) is 0 Å². The third kappa shape index (κ3) is 3.84. The van der Waals surface area contributed by atoms with Gasteiger partial charge in [0.05, 0.1) is 30.3 Å². The molecule has 0 saturated carbocycles. The van der Waals surface area contributed by atoms with Gasteiger partial charge in [-0.1, -0.05) is 43.7 Å². The molecular formula is C25H29N3O2. The predicted octanol–water partition coefficient (Wildman–Crippen LogP) is 4.94. The molecule has 3 aromatic rings. The average Bonchev–Trinajstić information content (AvgIpc) is 3.42. The summed E-state index contributed by atoms with van der Waals surface area (Å²) in [5.74, 6) is 1.48. The largest absolute Gasteiger partial charge is 0.497 e. The van der Waals surface area contributed by atoms with Crippen LogP contribution in [0.25, 0.3) is 5.69 Å². The second-order valence-electron chi connectivity index (χ2n) is 8.36. The van der Waals surface area contributed by atoms with Gasteiger partial charge in [0.1, 0.15) is 5.75 Å². The second-order valence-corrected chi connectivity index (χ2v) is 8.36. The lowest BCUT2D eigenvalue weighted by atomic mass is 9.98. The molecule has 0 aliphatic carbocycles. The number of carbonyl (C=O) groups is 1. The molecule has 4 rings (SSSR count). The van der Waals surface area contributed by atoms with Gasteiger partial charge in [-0.3, -0.25) is 4.79 Å². The molecule has 1 saturated heterocycles. The first-order valence-corrected chi connectivity index (χ1v) is 10.6. The van der Waals surface area contributed by atoms with Crippen LogP contribution in [0.3, 0.4) is 0 Å². The Balaban J connectivity index is 1.56. The smallest absolute Gasteiger partial charge is 0.257 e. The summed E-state index contributed by atoms with van der Waals surface area (Å²) in [7, 11) is 1.67. The van der Waals surface area contributed by atoms with Crippen molar-refractivity contribution in [1.82, 2.24) is 14.7 Å². The van der Waals surface area contributed by atoms with Crippen molar-refractivity contribution in [1.29, 1.82) is 0 Å². The second kappa shape index (κ2) is 8.34. The molecule has 2 aromatic carbocycles. The molecule has 30 heavy (non-hydrogen) atoms. The summed E-state index contributed by atoms with van der Waals surface area (Å²) in [6, 6.07) is 16.4. The Bertz CT molecular complexity index is 1020. The Hall–Kier alpha value is -3.08. The first kappa shape index (κ1) is 20.2. The van der Waals surface area contributed by atoms with Crippen LogP contribution in [0.5, 0.6) is 5.75 Å². The molecular weight excluding hydrogens is 374 g/mol. The van der Waals surface area contributed by atoms with Crippen LogP contribution in [0.2, 0.25) is 0 Å². The van der Waals surface area contributed by atoms with Gasteiger partial charge >= 0.3 is 0 Å². The van der Waals surface area contributed by atoms with E-state index in [2.05, 4.69) is 62.3 Å². The number of ether oxygens (including phenoxy) is 1. The van der Waals surface area contributed by atoms with Crippen LogP contribution in [-0.2, 0) is 0 Å². The molecule has 156 valence electrons. The number of amides is 1. The molecule has 0 bridgehead atoms. The van der Waals surface area contributed by atoms with E-state index >= 15 is 0 Å². The summed E-state index contributed by atoms with van der Waals surface area (Å²) < 4.78 is 7.17. The number of nitrogens with zero attached hydrogens (tertiary/aromatic N) is 3. The van der Waals surface area contributed by atoms with Crippen molar-refractivity contribution >= 4 is 5.91 Å². The molecule has 1 aromatic heterocycles. The van der Waals surface area contributed by atoms with Crippen molar-refractivity contribution in [3.05, 3.63) is 77.1 Å². The van der Waals surface area contributed by atoms with Gasteiger partial charge in [0.2, 0.25) is 0 Å². The van der Waals surface area contributed by atoms with Crippen LogP contribution >= 0.6 is 0 Å². The zero-order valence-corrected chi connectivity index (χ0v) is 18.1. The molecule has 5 heteroatoms. The highest BCUT2D eigenvalue weighted by atomic mass is 16.5. The highest BCUT2D eigenvalue weighted by molar-refractivity contribution is 5.95. The average molecular weight is 404 g/mol. The number of hydrogen-bond acceptors (Lipinski definition) is 3. The quantitative estimate of drug-likeness (QED) is 0.606. The molecule has 0 spiro atoms. The minimum atomic E-state index is 0.0769. The standard InChI is InChI=1S/C25H29N3O2/c1-17(2)24-23(15-26-28(24)21-9-5-18(3)6-10-21)25(29)27-14-13-20(16-27)19-7-11-22(30-4)12-8-19/h5-12,15,17,20H,13-14,16H2,1-4H3. The van der Waals surface area contributed by atoms with E-state index in [1.54, 1.807) is 13.3 Å². The normalized spacial score (nSPS) is 16.3. The number of hydrogen-bond donors (Lipinski definition) is 0. The first-order chi connectivity index (χ1) is 14.5. The molecule has 1 amide bonds. The number of carbonyl (C=O) groups excluding carboxylic acids is 1. The highest BCUT2D eigenvalue weighted by Crippen LogP contribution is 2.31. The zero-order valence-electron chi connectivity index (χ0n) is 18.1. The van der Waals surface area contributed by atoms with Gasteiger partial charge in [-0.2, -0.15) is 5.10 Å². The molecule has 1 aliphatic rings. The summed E-state index contributed by atoms with van der Waals surface area (Å²) in [6.45, 7) is 7.80. The summed E-state index contributed by atoms with van der Waals surface area (Å²) in [4.78, 5) is 15.4. The van der Waals surface area contributed by atoms with Crippen LogP contribution in [0.4, 0.5) is 0 Å². The Morgan fingerprint density at radius 1 is 1.10 bits per heavy atom. The lowest BCUT2D eigenvalue weighted by molar-refractivity contribution is 0.0789. The van der Waals surface area contributed by atoms with Crippen LogP contribution in [0.15, 0.2) is 54.7 Å². The van der Waals surface area contributed by atoms with Crippen LogP contribution < -0.4 is 4.74 Å².